The maximum atomic E-state index is 9.24. The molecule has 50 valence electrons. The van der Waals surface area contributed by atoms with Crippen LogP contribution < -0.4 is 0 Å². The summed E-state index contributed by atoms with van der Waals surface area (Å²) in [5.74, 6) is 0. The van der Waals surface area contributed by atoms with E-state index in [9.17, 15) is 5.11 Å². The summed E-state index contributed by atoms with van der Waals surface area (Å²) in [6, 6.07) is 0. The molecule has 0 aliphatic heterocycles. The van der Waals surface area contributed by atoms with Crippen LogP contribution in [0.2, 0.25) is 0 Å². The molecule has 2 N–H and O–H groups in total. The van der Waals surface area contributed by atoms with E-state index in [0.717, 1.165) is 0 Å². The number of aliphatic hydroxyl groups excluding tert-OH is 1. The second-order valence-electron chi connectivity index (χ2n) is 1.92. The summed E-state index contributed by atoms with van der Waals surface area (Å²) < 4.78 is -1.10. The highest BCUT2D eigenvalue weighted by atomic mass is 127. The van der Waals surface area contributed by atoms with Gasteiger partial charge in [0.2, 0.25) is 0 Å². The van der Waals surface area contributed by atoms with Crippen molar-refractivity contribution in [1.82, 2.24) is 0 Å². The molecule has 2 unspecified atom stereocenters. The van der Waals surface area contributed by atoms with E-state index in [2.05, 4.69) is 0 Å². The Morgan fingerprint density at radius 2 is 2.11 bits per heavy atom. The highest BCUT2D eigenvalue weighted by Crippen LogP contribution is 2.24. The molecule has 2 nitrogen and oxygen atoms in total. The lowest BCUT2D eigenvalue weighted by atomic mass is 10.1. The zero-order valence-corrected chi connectivity index (χ0v) is 6.82. The van der Waals surface area contributed by atoms with Gasteiger partial charge in [-0.2, -0.15) is 0 Å². The summed E-state index contributed by atoms with van der Waals surface area (Å²) in [6.45, 7) is 0. The number of alkyl halides is 1. The zero-order chi connectivity index (χ0) is 6.91. The third-order valence-corrected chi connectivity index (χ3v) is 2.15. The molecule has 0 aromatic heterocycles. The fourth-order valence-electron chi connectivity index (χ4n) is 0.593. The molecule has 9 heavy (non-hydrogen) atoms. The van der Waals surface area contributed by atoms with Crippen LogP contribution in [0.25, 0.3) is 0 Å². The molecule has 0 aromatic rings. The van der Waals surface area contributed by atoms with Gasteiger partial charge >= 0.3 is 0 Å². The van der Waals surface area contributed by atoms with Gasteiger partial charge in [0.15, 0.2) is 3.61 Å². The van der Waals surface area contributed by atoms with Crippen LogP contribution in [0.3, 0.4) is 0 Å². The highest BCUT2D eigenvalue weighted by molar-refractivity contribution is 14.1. The van der Waals surface area contributed by atoms with Gasteiger partial charge in [0.25, 0.3) is 0 Å². The summed E-state index contributed by atoms with van der Waals surface area (Å²) in [6.07, 6.45) is 5.74. The lowest BCUT2D eigenvalue weighted by Crippen LogP contribution is -2.33. The van der Waals surface area contributed by atoms with Gasteiger partial charge in [-0.3, -0.25) is 0 Å². The van der Waals surface area contributed by atoms with Crippen molar-refractivity contribution in [3.63, 3.8) is 0 Å². The Balaban J connectivity index is 2.78. The first-order chi connectivity index (χ1) is 4.13. The van der Waals surface area contributed by atoms with Crippen molar-refractivity contribution in [2.75, 3.05) is 0 Å². The summed E-state index contributed by atoms with van der Waals surface area (Å²) in [5.41, 5.74) is 0. The van der Waals surface area contributed by atoms with Gasteiger partial charge in [-0.05, 0) is 28.7 Å². The van der Waals surface area contributed by atoms with Gasteiger partial charge < -0.3 is 10.2 Å². The first kappa shape index (κ1) is 7.24. The van der Waals surface area contributed by atoms with Crippen molar-refractivity contribution in [2.24, 2.45) is 0 Å². The van der Waals surface area contributed by atoms with Gasteiger partial charge in [-0.1, -0.05) is 18.2 Å². The Kier molecular flexibility index (Phi) is 1.93. The third-order valence-electron chi connectivity index (χ3n) is 1.15. The highest BCUT2D eigenvalue weighted by Gasteiger charge is 2.28. The van der Waals surface area contributed by atoms with E-state index in [-0.39, 0.29) is 0 Å². The SMILES string of the molecule is OC1C=CC=CC1(O)I. The summed E-state index contributed by atoms with van der Waals surface area (Å²) in [7, 11) is 0. The molecule has 0 saturated heterocycles. The third kappa shape index (κ3) is 1.53. The Bertz CT molecular complexity index is 160. The Hall–Kier alpha value is 0.130. The van der Waals surface area contributed by atoms with Gasteiger partial charge in [-0.25, -0.2) is 0 Å². The van der Waals surface area contributed by atoms with E-state index < -0.39 is 9.71 Å². The molecule has 0 bridgehead atoms. The molecule has 0 aromatic carbocycles. The van der Waals surface area contributed by atoms with Crippen molar-refractivity contribution in [1.29, 1.82) is 0 Å². The van der Waals surface area contributed by atoms with Gasteiger partial charge in [-0.15, -0.1) is 0 Å². The van der Waals surface area contributed by atoms with Gasteiger partial charge in [0.1, 0.15) is 6.10 Å². The lowest BCUT2D eigenvalue weighted by molar-refractivity contribution is 0.0667. The van der Waals surface area contributed by atoms with E-state index in [4.69, 9.17) is 5.11 Å². The number of allylic oxidation sites excluding steroid dienone is 2. The summed E-state index contributed by atoms with van der Waals surface area (Å²) in [5, 5.41) is 18.3. The van der Waals surface area contributed by atoms with Crippen molar-refractivity contribution in [2.45, 2.75) is 9.71 Å². The van der Waals surface area contributed by atoms with Crippen molar-refractivity contribution in [3.05, 3.63) is 24.3 Å². The van der Waals surface area contributed by atoms with Crippen LogP contribution in [-0.4, -0.2) is 19.9 Å². The second kappa shape index (κ2) is 2.40. The van der Waals surface area contributed by atoms with Crippen LogP contribution in [0.15, 0.2) is 24.3 Å². The Morgan fingerprint density at radius 1 is 1.44 bits per heavy atom. The molecular weight excluding hydrogens is 231 g/mol. The van der Waals surface area contributed by atoms with Crippen LogP contribution in [0.5, 0.6) is 0 Å². The first-order valence-electron chi connectivity index (χ1n) is 2.58. The number of hydrogen-bond acceptors (Lipinski definition) is 2. The normalized spacial score (nSPS) is 41.4. The van der Waals surface area contributed by atoms with Crippen LogP contribution in [0.4, 0.5) is 0 Å². The molecule has 0 fully saturated rings. The van der Waals surface area contributed by atoms with Crippen LogP contribution >= 0.6 is 22.6 Å². The average molecular weight is 238 g/mol. The van der Waals surface area contributed by atoms with E-state index in [1.54, 1.807) is 46.9 Å². The predicted octanol–water partition coefficient (Wildman–Crippen LogP) is 0.597. The zero-order valence-electron chi connectivity index (χ0n) is 4.66. The topological polar surface area (TPSA) is 40.5 Å². The monoisotopic (exact) mass is 238 g/mol. The number of aliphatic hydroxyl groups is 2. The fourth-order valence-corrected chi connectivity index (χ4v) is 1.01. The molecule has 0 radical (unpaired) electrons. The van der Waals surface area contributed by atoms with E-state index in [1.165, 1.54) is 0 Å². The minimum absolute atomic E-state index is 0.775. The lowest BCUT2D eigenvalue weighted by Gasteiger charge is -2.22. The minimum Gasteiger partial charge on any atom is -0.385 e. The van der Waals surface area contributed by atoms with E-state index >= 15 is 0 Å². The van der Waals surface area contributed by atoms with E-state index in [0.29, 0.717) is 0 Å². The maximum Gasteiger partial charge on any atom is 0.163 e. The fraction of sp³-hybridized carbons (Fsp3) is 0.333. The Labute approximate surface area is 67.0 Å². The second-order valence-corrected chi connectivity index (χ2v) is 3.64. The maximum absolute atomic E-state index is 9.24. The standard InChI is InChI=1S/C6H7IO2/c7-6(9)4-2-1-3-5(6)8/h1-5,8-9H. The number of hydrogen-bond donors (Lipinski definition) is 2. The smallest absolute Gasteiger partial charge is 0.163 e. The molecule has 3 heteroatoms. The molecular formula is C6H7IO2. The first-order valence-corrected chi connectivity index (χ1v) is 3.66. The molecule has 0 saturated carbocycles. The van der Waals surface area contributed by atoms with Crippen LogP contribution in [0.1, 0.15) is 0 Å². The van der Waals surface area contributed by atoms with Crippen LogP contribution in [0, 0.1) is 0 Å². The van der Waals surface area contributed by atoms with E-state index in [1.807, 2.05) is 0 Å². The number of rotatable bonds is 0. The molecule has 0 heterocycles. The minimum atomic E-state index is -1.10. The molecule has 1 aliphatic rings. The molecule has 0 amide bonds. The van der Waals surface area contributed by atoms with Crippen molar-refractivity contribution >= 4 is 22.6 Å². The van der Waals surface area contributed by atoms with Crippen molar-refractivity contribution in [3.8, 4) is 0 Å². The molecule has 2 atom stereocenters. The number of halogens is 1. The Morgan fingerprint density at radius 3 is 2.44 bits per heavy atom. The van der Waals surface area contributed by atoms with Gasteiger partial charge in [0.05, 0.1) is 0 Å². The molecule has 1 aliphatic carbocycles. The average Bonchev–Trinajstić information content (AvgIpc) is 1.77. The molecule has 1 rings (SSSR count). The predicted molar refractivity (Wildman–Crippen MR) is 43.3 cm³/mol. The van der Waals surface area contributed by atoms with Gasteiger partial charge in [0, 0.05) is 0 Å². The van der Waals surface area contributed by atoms with Crippen LogP contribution in [-0.2, 0) is 0 Å². The molecule has 0 spiro atoms. The van der Waals surface area contributed by atoms with Crippen molar-refractivity contribution < 1.29 is 10.2 Å². The quantitative estimate of drug-likeness (QED) is 0.479. The summed E-state index contributed by atoms with van der Waals surface area (Å²) in [4.78, 5) is 0. The largest absolute Gasteiger partial charge is 0.385 e. The summed E-state index contributed by atoms with van der Waals surface area (Å²) >= 11 is 1.78.